The summed E-state index contributed by atoms with van der Waals surface area (Å²) in [4.78, 5) is 14.2. The summed E-state index contributed by atoms with van der Waals surface area (Å²) < 4.78 is 4.76. The smallest absolute Gasteiger partial charge is 0.267 e. The molecular weight excluding hydrogens is 203 g/mol. The molecule has 1 aliphatic heterocycles. The molecule has 1 heterocycles. The molecule has 0 radical (unpaired) electrons. The number of methoxy groups -OCH3 is 1. The van der Waals surface area contributed by atoms with Crippen molar-refractivity contribution in [2.75, 3.05) is 7.11 Å². The summed E-state index contributed by atoms with van der Waals surface area (Å²) in [5, 5.41) is 1.14. The molecule has 0 aliphatic carbocycles. The molecule has 12 heavy (non-hydrogen) atoms. The normalized spacial score (nSPS) is 28.2. The zero-order valence-electron chi connectivity index (χ0n) is 6.17. The first-order chi connectivity index (χ1) is 5.59. The molecule has 1 unspecified atom stereocenters. The standard InChI is InChI=1S/C6H6Cl2N2O2/c1-12-5-2-4(7)9-6(8,3-11)10-5/h2-3,9H,1H3. The predicted octanol–water partition coefficient (Wildman–Crippen LogP) is 0.806. The first kappa shape index (κ1) is 9.35. The van der Waals surface area contributed by atoms with E-state index in [1.165, 1.54) is 13.2 Å². The van der Waals surface area contributed by atoms with Crippen molar-refractivity contribution in [3.63, 3.8) is 0 Å². The van der Waals surface area contributed by atoms with E-state index in [0.29, 0.717) is 6.29 Å². The molecule has 0 saturated carbocycles. The summed E-state index contributed by atoms with van der Waals surface area (Å²) in [6, 6.07) is 0. The second-order valence-electron chi connectivity index (χ2n) is 2.06. The van der Waals surface area contributed by atoms with Crippen LogP contribution in [0.25, 0.3) is 0 Å². The van der Waals surface area contributed by atoms with Gasteiger partial charge in [-0.2, -0.15) is 0 Å². The van der Waals surface area contributed by atoms with Crippen LogP contribution in [0.5, 0.6) is 0 Å². The number of alkyl halides is 1. The summed E-state index contributed by atoms with van der Waals surface area (Å²) in [5.41, 5.74) is 0. The van der Waals surface area contributed by atoms with Gasteiger partial charge in [0.15, 0.2) is 6.29 Å². The Morgan fingerprint density at radius 1 is 1.83 bits per heavy atom. The quantitative estimate of drug-likeness (QED) is 0.395. The second-order valence-corrected chi connectivity index (χ2v) is 3.05. The van der Waals surface area contributed by atoms with Gasteiger partial charge in [0.25, 0.3) is 5.12 Å². The monoisotopic (exact) mass is 208 g/mol. The van der Waals surface area contributed by atoms with Crippen LogP contribution < -0.4 is 5.32 Å². The zero-order valence-corrected chi connectivity index (χ0v) is 7.69. The third kappa shape index (κ3) is 1.89. The van der Waals surface area contributed by atoms with Crippen LogP contribution in [0.3, 0.4) is 0 Å². The maximum absolute atomic E-state index is 10.4. The van der Waals surface area contributed by atoms with Gasteiger partial charge in [0, 0.05) is 6.08 Å². The van der Waals surface area contributed by atoms with Crippen molar-refractivity contribution >= 4 is 35.4 Å². The van der Waals surface area contributed by atoms with E-state index in [-0.39, 0.29) is 11.1 Å². The van der Waals surface area contributed by atoms with Crippen molar-refractivity contribution in [3.05, 3.63) is 11.2 Å². The number of carbonyl (C=O) groups is 1. The molecule has 0 aromatic rings. The lowest BCUT2D eigenvalue weighted by atomic mass is 10.4. The first-order valence-electron chi connectivity index (χ1n) is 3.04. The van der Waals surface area contributed by atoms with Crippen molar-refractivity contribution in [1.29, 1.82) is 0 Å². The number of hydrogen-bond acceptors (Lipinski definition) is 4. The maximum atomic E-state index is 10.4. The van der Waals surface area contributed by atoms with E-state index in [9.17, 15) is 4.79 Å². The van der Waals surface area contributed by atoms with Crippen molar-refractivity contribution in [2.45, 2.75) is 5.12 Å². The summed E-state index contributed by atoms with van der Waals surface area (Å²) >= 11 is 11.3. The van der Waals surface area contributed by atoms with Gasteiger partial charge in [0.2, 0.25) is 5.90 Å². The molecule has 66 valence electrons. The fourth-order valence-corrected chi connectivity index (χ4v) is 1.16. The minimum absolute atomic E-state index is 0.209. The van der Waals surface area contributed by atoms with Crippen LogP contribution in [0.2, 0.25) is 0 Å². The SMILES string of the molecule is COC1=NC(Cl)(C=O)NC(Cl)=C1. The number of hydrogen-bond donors (Lipinski definition) is 1. The molecule has 1 rings (SSSR count). The van der Waals surface area contributed by atoms with E-state index in [4.69, 9.17) is 27.9 Å². The number of rotatable bonds is 1. The Kier molecular flexibility index (Phi) is 2.59. The van der Waals surface area contributed by atoms with Crippen LogP contribution in [-0.4, -0.2) is 24.4 Å². The first-order valence-corrected chi connectivity index (χ1v) is 3.80. The highest BCUT2D eigenvalue weighted by Gasteiger charge is 2.29. The van der Waals surface area contributed by atoms with Crippen LogP contribution >= 0.6 is 23.2 Å². The molecule has 0 bridgehead atoms. The highest BCUT2D eigenvalue weighted by atomic mass is 35.5. The minimum atomic E-state index is -1.53. The number of halogens is 2. The highest BCUT2D eigenvalue weighted by molar-refractivity contribution is 6.36. The summed E-state index contributed by atoms with van der Waals surface area (Å²) in [5.74, 6) is 0.209. The third-order valence-electron chi connectivity index (χ3n) is 1.18. The highest BCUT2D eigenvalue weighted by Crippen LogP contribution is 2.19. The van der Waals surface area contributed by atoms with Gasteiger partial charge in [-0.3, -0.25) is 4.79 Å². The number of nitrogens with zero attached hydrogens (tertiary/aromatic N) is 1. The Hall–Kier alpha value is -0.740. The molecule has 4 nitrogen and oxygen atoms in total. The second kappa shape index (κ2) is 3.33. The summed E-state index contributed by atoms with van der Waals surface area (Å²) in [7, 11) is 1.41. The van der Waals surface area contributed by atoms with E-state index in [2.05, 4.69) is 10.3 Å². The van der Waals surface area contributed by atoms with Crippen LogP contribution in [-0.2, 0) is 9.53 Å². The Balaban J connectivity index is 2.95. The lowest BCUT2D eigenvalue weighted by Crippen LogP contribution is -2.41. The average Bonchev–Trinajstić information content (AvgIpc) is 2.03. The molecule has 0 fully saturated rings. The van der Waals surface area contributed by atoms with E-state index in [1.807, 2.05) is 0 Å². The molecule has 0 saturated heterocycles. The van der Waals surface area contributed by atoms with Crippen molar-refractivity contribution in [1.82, 2.24) is 5.32 Å². The van der Waals surface area contributed by atoms with Gasteiger partial charge in [0.05, 0.1) is 7.11 Å². The maximum Gasteiger partial charge on any atom is 0.267 e. The minimum Gasteiger partial charge on any atom is -0.481 e. The van der Waals surface area contributed by atoms with Crippen LogP contribution in [0.1, 0.15) is 0 Å². The molecular formula is C6H6Cl2N2O2. The van der Waals surface area contributed by atoms with Crippen molar-refractivity contribution < 1.29 is 9.53 Å². The lowest BCUT2D eigenvalue weighted by Gasteiger charge is -2.22. The molecule has 1 atom stereocenters. The van der Waals surface area contributed by atoms with Gasteiger partial charge in [-0.1, -0.05) is 23.2 Å². The summed E-state index contributed by atoms with van der Waals surface area (Å²) in [6.07, 6.45) is 1.86. The van der Waals surface area contributed by atoms with E-state index in [1.54, 1.807) is 0 Å². The van der Waals surface area contributed by atoms with Gasteiger partial charge in [-0.15, -0.1) is 0 Å². The largest absolute Gasteiger partial charge is 0.481 e. The van der Waals surface area contributed by atoms with Gasteiger partial charge in [-0.05, 0) is 0 Å². The number of carbonyl (C=O) groups excluding carboxylic acids is 1. The van der Waals surface area contributed by atoms with Gasteiger partial charge in [0.1, 0.15) is 5.16 Å². The van der Waals surface area contributed by atoms with E-state index < -0.39 is 5.12 Å². The zero-order chi connectivity index (χ0) is 9.19. The third-order valence-corrected chi connectivity index (χ3v) is 1.65. The molecule has 1 N–H and O–H groups in total. The summed E-state index contributed by atoms with van der Waals surface area (Å²) in [6.45, 7) is 0. The Labute approximate surface area is 79.2 Å². The van der Waals surface area contributed by atoms with Crippen LogP contribution in [0, 0.1) is 0 Å². The number of nitrogens with one attached hydrogen (secondary N) is 1. The Morgan fingerprint density at radius 3 is 3.00 bits per heavy atom. The molecule has 0 aromatic heterocycles. The van der Waals surface area contributed by atoms with Crippen molar-refractivity contribution in [2.24, 2.45) is 4.99 Å². The molecule has 0 amide bonds. The topological polar surface area (TPSA) is 50.7 Å². The number of aliphatic imine (C=N–C) groups is 1. The van der Waals surface area contributed by atoms with Gasteiger partial charge < -0.3 is 10.1 Å². The molecule has 0 spiro atoms. The lowest BCUT2D eigenvalue weighted by molar-refractivity contribution is -0.110. The molecule has 6 heteroatoms. The molecule has 0 aromatic carbocycles. The Bertz CT molecular complexity index is 264. The predicted molar refractivity (Wildman–Crippen MR) is 46.2 cm³/mol. The fraction of sp³-hybridized carbons (Fsp3) is 0.333. The molecule has 1 aliphatic rings. The number of ether oxygens (including phenoxy) is 1. The van der Waals surface area contributed by atoms with Crippen LogP contribution in [0.15, 0.2) is 16.2 Å². The number of aldehydes is 1. The van der Waals surface area contributed by atoms with Crippen molar-refractivity contribution in [3.8, 4) is 0 Å². The van der Waals surface area contributed by atoms with Crippen LogP contribution in [0.4, 0.5) is 0 Å². The van der Waals surface area contributed by atoms with E-state index >= 15 is 0 Å². The average molecular weight is 209 g/mol. The Morgan fingerprint density at radius 2 is 2.50 bits per heavy atom. The fourth-order valence-electron chi connectivity index (χ4n) is 0.693. The van der Waals surface area contributed by atoms with E-state index in [0.717, 1.165) is 0 Å². The van der Waals surface area contributed by atoms with Gasteiger partial charge in [-0.25, -0.2) is 4.99 Å². The van der Waals surface area contributed by atoms with Gasteiger partial charge >= 0.3 is 0 Å².